The Morgan fingerprint density at radius 3 is 2.84 bits per heavy atom. The highest BCUT2D eigenvalue weighted by molar-refractivity contribution is 6.03. The number of aromatic amines is 1. The second kappa shape index (κ2) is 5.37. The highest BCUT2D eigenvalue weighted by atomic mass is 19.1. The predicted octanol–water partition coefficient (Wildman–Crippen LogP) is 3.67. The van der Waals surface area contributed by atoms with E-state index in [-0.39, 0.29) is 5.82 Å². The van der Waals surface area contributed by atoms with E-state index >= 15 is 0 Å². The maximum Gasteiger partial charge on any atom is 0.137 e. The van der Waals surface area contributed by atoms with E-state index in [0.29, 0.717) is 6.54 Å². The first-order valence-corrected chi connectivity index (χ1v) is 8.10. The molecule has 0 aliphatic carbocycles. The quantitative estimate of drug-likeness (QED) is 0.609. The molecule has 0 unspecified atom stereocenters. The fraction of sp³-hybridized carbons (Fsp3) is 0.105. The fourth-order valence-corrected chi connectivity index (χ4v) is 3.33. The van der Waals surface area contributed by atoms with Crippen molar-refractivity contribution in [3.63, 3.8) is 0 Å². The topological polar surface area (TPSA) is 58.9 Å². The average molecular weight is 331 g/mol. The Labute approximate surface area is 142 Å². The first kappa shape index (κ1) is 14.1. The number of benzene rings is 1. The van der Waals surface area contributed by atoms with Crippen LogP contribution in [0.1, 0.15) is 5.69 Å². The normalized spacial score (nSPS) is 13.3. The molecule has 25 heavy (non-hydrogen) atoms. The number of hydrogen-bond donors (Lipinski definition) is 1. The number of halogens is 1. The van der Waals surface area contributed by atoms with Crippen LogP contribution in [0.25, 0.3) is 33.4 Å². The zero-order valence-corrected chi connectivity index (χ0v) is 13.3. The largest absolute Gasteiger partial charge is 0.346 e. The van der Waals surface area contributed by atoms with Crippen molar-refractivity contribution in [2.24, 2.45) is 4.99 Å². The Morgan fingerprint density at radius 2 is 1.96 bits per heavy atom. The van der Waals surface area contributed by atoms with Crippen LogP contribution in [0.4, 0.5) is 4.39 Å². The van der Waals surface area contributed by atoms with Gasteiger partial charge in [-0.15, -0.1) is 0 Å². The molecule has 1 aliphatic heterocycles. The van der Waals surface area contributed by atoms with E-state index in [4.69, 9.17) is 5.10 Å². The van der Waals surface area contributed by atoms with Crippen LogP contribution < -0.4 is 0 Å². The van der Waals surface area contributed by atoms with Gasteiger partial charge in [0.15, 0.2) is 0 Å². The second-order valence-corrected chi connectivity index (χ2v) is 5.97. The molecule has 0 spiro atoms. The SMILES string of the molecule is Fc1ccc(-c2nn3c(c2-c2ccnc4[nH]ccc24)C=NCC3)cc1. The van der Waals surface area contributed by atoms with Crippen LogP contribution in [-0.2, 0) is 6.54 Å². The van der Waals surface area contributed by atoms with Gasteiger partial charge >= 0.3 is 0 Å². The highest BCUT2D eigenvalue weighted by Crippen LogP contribution is 2.37. The van der Waals surface area contributed by atoms with Gasteiger partial charge in [0.1, 0.15) is 17.2 Å². The van der Waals surface area contributed by atoms with Gasteiger partial charge in [-0.05, 0) is 42.0 Å². The first-order valence-electron chi connectivity index (χ1n) is 8.10. The van der Waals surface area contributed by atoms with Gasteiger partial charge in [-0.2, -0.15) is 5.10 Å². The molecule has 3 aromatic heterocycles. The van der Waals surface area contributed by atoms with Crippen molar-refractivity contribution in [3.8, 4) is 22.4 Å². The van der Waals surface area contributed by atoms with Crippen molar-refractivity contribution in [1.29, 1.82) is 0 Å². The molecule has 4 heterocycles. The molecular weight excluding hydrogens is 317 g/mol. The van der Waals surface area contributed by atoms with Gasteiger partial charge < -0.3 is 4.98 Å². The summed E-state index contributed by atoms with van der Waals surface area (Å²) in [4.78, 5) is 11.9. The molecule has 0 bridgehead atoms. The summed E-state index contributed by atoms with van der Waals surface area (Å²) < 4.78 is 15.3. The number of nitrogens with one attached hydrogen (secondary N) is 1. The van der Waals surface area contributed by atoms with Crippen molar-refractivity contribution in [2.75, 3.05) is 6.54 Å². The summed E-state index contributed by atoms with van der Waals surface area (Å²) >= 11 is 0. The van der Waals surface area contributed by atoms with Crippen molar-refractivity contribution >= 4 is 17.2 Å². The Balaban J connectivity index is 1.83. The standard InChI is InChI=1S/C19H14FN5/c20-13-3-1-12(2-4-13)18-17(16-11-21-9-10-25(16)24-18)14-5-7-22-19-15(14)6-8-23-19/h1-8,11H,9-10H2,(H,22,23). The third-order valence-corrected chi connectivity index (χ3v) is 4.49. The van der Waals surface area contributed by atoms with E-state index in [1.165, 1.54) is 12.1 Å². The summed E-state index contributed by atoms with van der Waals surface area (Å²) in [5.74, 6) is -0.257. The molecule has 0 saturated heterocycles. The lowest BCUT2D eigenvalue weighted by Gasteiger charge is -2.09. The third kappa shape index (κ3) is 2.18. The van der Waals surface area contributed by atoms with Crippen LogP contribution in [0.2, 0.25) is 0 Å². The number of aromatic nitrogens is 4. The van der Waals surface area contributed by atoms with Gasteiger partial charge in [0.2, 0.25) is 0 Å². The van der Waals surface area contributed by atoms with E-state index in [1.54, 1.807) is 18.3 Å². The first-order chi connectivity index (χ1) is 12.3. The van der Waals surface area contributed by atoms with Gasteiger partial charge in [-0.3, -0.25) is 9.67 Å². The number of hydrogen-bond acceptors (Lipinski definition) is 3. The Kier molecular flexibility index (Phi) is 3.03. The molecule has 1 aromatic carbocycles. The van der Waals surface area contributed by atoms with E-state index in [0.717, 1.165) is 45.7 Å². The van der Waals surface area contributed by atoms with Crippen LogP contribution in [0.15, 0.2) is 53.8 Å². The lowest BCUT2D eigenvalue weighted by molar-refractivity contribution is 0.612. The number of fused-ring (bicyclic) bond motifs is 2. The highest BCUT2D eigenvalue weighted by Gasteiger charge is 2.22. The summed E-state index contributed by atoms with van der Waals surface area (Å²) in [5.41, 5.74) is 5.56. The maximum absolute atomic E-state index is 13.4. The van der Waals surface area contributed by atoms with Gasteiger partial charge in [0.25, 0.3) is 0 Å². The van der Waals surface area contributed by atoms with Crippen molar-refractivity contribution in [3.05, 3.63) is 60.3 Å². The summed E-state index contributed by atoms with van der Waals surface area (Å²) in [7, 11) is 0. The lowest BCUT2D eigenvalue weighted by atomic mass is 9.97. The molecule has 6 heteroatoms. The smallest absolute Gasteiger partial charge is 0.137 e. The van der Waals surface area contributed by atoms with E-state index in [1.807, 2.05) is 29.2 Å². The molecule has 122 valence electrons. The Hall–Kier alpha value is -3.28. The third-order valence-electron chi connectivity index (χ3n) is 4.49. The lowest BCUT2D eigenvalue weighted by Crippen LogP contribution is -2.12. The van der Waals surface area contributed by atoms with Crippen LogP contribution in [0.5, 0.6) is 0 Å². The molecule has 1 N–H and O–H groups in total. The number of pyridine rings is 1. The molecular formula is C19H14FN5. The minimum Gasteiger partial charge on any atom is -0.346 e. The summed E-state index contributed by atoms with van der Waals surface area (Å²) in [6.45, 7) is 1.45. The molecule has 0 radical (unpaired) electrons. The maximum atomic E-state index is 13.4. The zero-order chi connectivity index (χ0) is 16.8. The van der Waals surface area contributed by atoms with Crippen LogP contribution in [0.3, 0.4) is 0 Å². The fourth-order valence-electron chi connectivity index (χ4n) is 3.33. The zero-order valence-electron chi connectivity index (χ0n) is 13.3. The minimum atomic E-state index is -0.257. The van der Waals surface area contributed by atoms with E-state index in [2.05, 4.69) is 15.0 Å². The Morgan fingerprint density at radius 1 is 1.08 bits per heavy atom. The summed E-state index contributed by atoms with van der Waals surface area (Å²) in [6, 6.07) is 10.5. The van der Waals surface area contributed by atoms with Gasteiger partial charge in [0, 0.05) is 35.1 Å². The monoisotopic (exact) mass is 331 g/mol. The molecule has 0 atom stereocenters. The summed E-state index contributed by atoms with van der Waals surface area (Å²) in [5, 5.41) is 5.82. The average Bonchev–Trinajstić information content (AvgIpc) is 3.26. The van der Waals surface area contributed by atoms with Crippen LogP contribution in [0, 0.1) is 5.82 Å². The van der Waals surface area contributed by atoms with Crippen molar-refractivity contribution in [1.82, 2.24) is 19.7 Å². The van der Waals surface area contributed by atoms with E-state index in [9.17, 15) is 4.39 Å². The number of nitrogens with zero attached hydrogens (tertiary/aromatic N) is 4. The van der Waals surface area contributed by atoms with Gasteiger partial charge in [-0.25, -0.2) is 9.37 Å². The number of rotatable bonds is 2. The molecule has 0 amide bonds. The molecule has 0 fully saturated rings. The van der Waals surface area contributed by atoms with Crippen molar-refractivity contribution < 1.29 is 4.39 Å². The number of aliphatic imine (C=N–C) groups is 1. The number of H-pyrrole nitrogens is 1. The summed E-state index contributed by atoms with van der Waals surface area (Å²) in [6.07, 6.45) is 5.53. The molecule has 5 rings (SSSR count). The minimum absolute atomic E-state index is 0.257. The second-order valence-electron chi connectivity index (χ2n) is 5.97. The van der Waals surface area contributed by atoms with Gasteiger partial charge in [-0.1, -0.05) is 0 Å². The van der Waals surface area contributed by atoms with E-state index < -0.39 is 0 Å². The van der Waals surface area contributed by atoms with Crippen molar-refractivity contribution in [2.45, 2.75) is 6.54 Å². The van der Waals surface area contributed by atoms with Crippen LogP contribution >= 0.6 is 0 Å². The van der Waals surface area contributed by atoms with Gasteiger partial charge in [0.05, 0.1) is 18.8 Å². The predicted molar refractivity (Wildman–Crippen MR) is 95.2 cm³/mol. The molecule has 4 aromatic rings. The molecule has 5 nitrogen and oxygen atoms in total. The molecule has 1 aliphatic rings. The molecule has 0 saturated carbocycles. The Bertz CT molecular complexity index is 1100. The van der Waals surface area contributed by atoms with Crippen LogP contribution in [-0.4, -0.2) is 32.5 Å².